The zero-order chi connectivity index (χ0) is 11.6. The van der Waals surface area contributed by atoms with E-state index in [9.17, 15) is 20.1 Å². The van der Waals surface area contributed by atoms with Gasteiger partial charge in [-0.2, -0.15) is 0 Å². The molecule has 0 aromatic carbocycles. The van der Waals surface area contributed by atoms with Gasteiger partial charge in [0.1, 0.15) is 18.3 Å². The van der Waals surface area contributed by atoms with Crippen molar-refractivity contribution in [1.29, 1.82) is 0 Å². The number of aliphatic hydroxyl groups excluding tert-OH is 4. The van der Waals surface area contributed by atoms with E-state index in [4.69, 9.17) is 9.84 Å². The van der Waals surface area contributed by atoms with Crippen molar-refractivity contribution in [3.63, 3.8) is 0 Å². The molecule has 0 bridgehead atoms. The summed E-state index contributed by atoms with van der Waals surface area (Å²) in [6.45, 7) is 0.548. The van der Waals surface area contributed by atoms with Gasteiger partial charge in [-0.05, 0) is 0 Å². The van der Waals surface area contributed by atoms with Crippen molar-refractivity contribution in [3.8, 4) is 0 Å². The molecule has 1 aliphatic rings. The SMILES string of the molecule is CC(=O)O[C@H]1[C@H](O)[C@H](O)[C@@H](CO)O[C@@H]1O. The lowest BCUT2D eigenvalue weighted by Gasteiger charge is -2.39. The van der Waals surface area contributed by atoms with Crippen LogP contribution in [-0.2, 0) is 14.3 Å². The number of esters is 1. The van der Waals surface area contributed by atoms with E-state index in [0.29, 0.717) is 0 Å². The summed E-state index contributed by atoms with van der Waals surface area (Å²) in [4.78, 5) is 10.6. The van der Waals surface area contributed by atoms with Gasteiger partial charge in [0.25, 0.3) is 0 Å². The largest absolute Gasteiger partial charge is 0.454 e. The van der Waals surface area contributed by atoms with Gasteiger partial charge in [-0.15, -0.1) is 0 Å². The molecule has 15 heavy (non-hydrogen) atoms. The van der Waals surface area contributed by atoms with Crippen LogP contribution in [0.25, 0.3) is 0 Å². The lowest BCUT2D eigenvalue weighted by atomic mass is 9.99. The highest BCUT2D eigenvalue weighted by molar-refractivity contribution is 5.66. The Kier molecular flexibility index (Phi) is 4.00. The average Bonchev–Trinajstić information content (AvgIpc) is 2.18. The number of aliphatic hydroxyl groups is 4. The number of carbonyl (C=O) groups excluding carboxylic acids is 1. The highest BCUT2D eigenvalue weighted by Crippen LogP contribution is 2.22. The Labute approximate surface area is 85.9 Å². The Morgan fingerprint density at radius 1 is 1.33 bits per heavy atom. The molecule has 5 atom stereocenters. The van der Waals surface area contributed by atoms with Crippen LogP contribution in [0.2, 0.25) is 0 Å². The molecule has 7 nitrogen and oxygen atoms in total. The van der Waals surface area contributed by atoms with Gasteiger partial charge in [0.2, 0.25) is 0 Å². The van der Waals surface area contributed by atoms with Crippen LogP contribution in [0.5, 0.6) is 0 Å². The first-order valence-electron chi connectivity index (χ1n) is 4.45. The maximum absolute atomic E-state index is 10.6. The predicted molar refractivity (Wildman–Crippen MR) is 45.5 cm³/mol. The third-order valence-corrected chi connectivity index (χ3v) is 2.14. The Morgan fingerprint density at radius 3 is 2.40 bits per heavy atom. The Bertz CT molecular complexity index is 231. The van der Waals surface area contributed by atoms with Gasteiger partial charge < -0.3 is 29.9 Å². The second kappa shape index (κ2) is 4.86. The summed E-state index contributed by atoms with van der Waals surface area (Å²) in [6, 6.07) is 0. The van der Waals surface area contributed by atoms with Crippen LogP contribution in [0, 0.1) is 0 Å². The van der Waals surface area contributed by atoms with E-state index in [1.807, 2.05) is 0 Å². The van der Waals surface area contributed by atoms with Gasteiger partial charge in [-0.3, -0.25) is 4.79 Å². The third kappa shape index (κ3) is 2.64. The van der Waals surface area contributed by atoms with Gasteiger partial charge in [0.05, 0.1) is 6.61 Å². The monoisotopic (exact) mass is 222 g/mol. The molecule has 1 saturated heterocycles. The summed E-state index contributed by atoms with van der Waals surface area (Å²) < 4.78 is 9.32. The number of hydrogen-bond acceptors (Lipinski definition) is 7. The molecule has 0 aromatic heterocycles. The topological polar surface area (TPSA) is 116 Å². The van der Waals surface area contributed by atoms with E-state index in [0.717, 1.165) is 6.92 Å². The molecule has 0 aliphatic carbocycles. The second-order valence-electron chi connectivity index (χ2n) is 3.30. The van der Waals surface area contributed by atoms with E-state index in [-0.39, 0.29) is 0 Å². The minimum Gasteiger partial charge on any atom is -0.454 e. The highest BCUT2D eigenvalue weighted by atomic mass is 16.7. The number of hydrogen-bond donors (Lipinski definition) is 4. The van der Waals surface area contributed by atoms with Crippen LogP contribution < -0.4 is 0 Å². The normalized spacial score (nSPS) is 41.3. The lowest BCUT2D eigenvalue weighted by Crippen LogP contribution is -2.59. The fourth-order valence-electron chi connectivity index (χ4n) is 1.39. The first-order valence-corrected chi connectivity index (χ1v) is 4.45. The summed E-state index contributed by atoms with van der Waals surface area (Å²) in [7, 11) is 0. The van der Waals surface area contributed by atoms with Gasteiger partial charge in [0, 0.05) is 6.92 Å². The molecule has 1 rings (SSSR count). The van der Waals surface area contributed by atoms with Crippen LogP contribution in [0.15, 0.2) is 0 Å². The van der Waals surface area contributed by atoms with Crippen molar-refractivity contribution in [2.75, 3.05) is 6.61 Å². The van der Waals surface area contributed by atoms with E-state index < -0.39 is 43.3 Å². The predicted octanol–water partition coefficient (Wildman–Crippen LogP) is -2.65. The quantitative estimate of drug-likeness (QED) is 0.377. The molecular weight excluding hydrogens is 208 g/mol. The van der Waals surface area contributed by atoms with E-state index >= 15 is 0 Å². The Hall–Kier alpha value is -0.730. The molecule has 1 fully saturated rings. The molecule has 0 radical (unpaired) electrons. The molecule has 0 spiro atoms. The molecule has 0 unspecified atom stereocenters. The second-order valence-corrected chi connectivity index (χ2v) is 3.30. The number of rotatable bonds is 2. The van der Waals surface area contributed by atoms with Crippen molar-refractivity contribution in [2.24, 2.45) is 0 Å². The Balaban J connectivity index is 2.70. The van der Waals surface area contributed by atoms with Crippen molar-refractivity contribution in [3.05, 3.63) is 0 Å². The molecule has 1 heterocycles. The molecule has 0 saturated carbocycles. The summed E-state index contributed by atoms with van der Waals surface area (Å²) in [5.41, 5.74) is 0. The molecular formula is C8H14O7. The lowest BCUT2D eigenvalue weighted by molar-refractivity contribution is -0.290. The molecule has 0 aromatic rings. The third-order valence-electron chi connectivity index (χ3n) is 2.14. The smallest absolute Gasteiger partial charge is 0.303 e. The van der Waals surface area contributed by atoms with Gasteiger partial charge in [-0.25, -0.2) is 0 Å². The Morgan fingerprint density at radius 2 is 1.93 bits per heavy atom. The van der Waals surface area contributed by atoms with Crippen LogP contribution in [-0.4, -0.2) is 63.7 Å². The standard InChI is InChI=1S/C8H14O7/c1-3(10)14-7-6(12)5(11)4(2-9)15-8(7)13/h4-9,11-13H,2H2,1H3/t4-,5-,6-,7+,8+/m1/s1. The number of carbonyl (C=O) groups is 1. The fraction of sp³-hybridized carbons (Fsp3) is 0.875. The van der Waals surface area contributed by atoms with Gasteiger partial charge >= 0.3 is 5.97 Å². The summed E-state index contributed by atoms with van der Waals surface area (Å²) in [6.07, 6.45) is -6.91. The van der Waals surface area contributed by atoms with E-state index in [2.05, 4.69) is 4.74 Å². The summed E-state index contributed by atoms with van der Waals surface area (Å²) in [5, 5.41) is 37.0. The van der Waals surface area contributed by atoms with Gasteiger partial charge in [0.15, 0.2) is 12.4 Å². The maximum atomic E-state index is 10.6. The molecule has 7 heteroatoms. The maximum Gasteiger partial charge on any atom is 0.303 e. The van der Waals surface area contributed by atoms with Crippen molar-refractivity contribution in [1.82, 2.24) is 0 Å². The van der Waals surface area contributed by atoms with Crippen molar-refractivity contribution in [2.45, 2.75) is 37.6 Å². The van der Waals surface area contributed by atoms with Crippen LogP contribution in [0.4, 0.5) is 0 Å². The molecule has 1 aliphatic heterocycles. The van der Waals surface area contributed by atoms with Gasteiger partial charge in [-0.1, -0.05) is 0 Å². The van der Waals surface area contributed by atoms with Crippen molar-refractivity contribution < 1.29 is 34.7 Å². The average molecular weight is 222 g/mol. The molecule has 4 N–H and O–H groups in total. The van der Waals surface area contributed by atoms with Crippen LogP contribution in [0.1, 0.15) is 6.92 Å². The van der Waals surface area contributed by atoms with Crippen LogP contribution in [0.3, 0.4) is 0 Å². The minimum absolute atomic E-state index is 0.553. The minimum atomic E-state index is -1.57. The zero-order valence-corrected chi connectivity index (χ0v) is 8.11. The van der Waals surface area contributed by atoms with Crippen LogP contribution >= 0.6 is 0 Å². The van der Waals surface area contributed by atoms with Crippen molar-refractivity contribution >= 4 is 5.97 Å². The molecule has 0 amide bonds. The first kappa shape index (κ1) is 12.3. The van der Waals surface area contributed by atoms with E-state index in [1.165, 1.54) is 0 Å². The number of ether oxygens (including phenoxy) is 2. The summed E-state index contributed by atoms with van der Waals surface area (Å²) in [5.74, 6) is -0.712. The molecule has 88 valence electrons. The fourth-order valence-corrected chi connectivity index (χ4v) is 1.39. The highest BCUT2D eigenvalue weighted by Gasteiger charge is 2.45. The van der Waals surface area contributed by atoms with E-state index in [1.54, 1.807) is 0 Å². The first-order chi connectivity index (χ1) is 6.97. The zero-order valence-electron chi connectivity index (χ0n) is 8.11. The summed E-state index contributed by atoms with van der Waals surface area (Å²) >= 11 is 0.